The van der Waals surface area contributed by atoms with Crippen molar-refractivity contribution in [2.75, 3.05) is 31.1 Å². The van der Waals surface area contributed by atoms with Crippen LogP contribution in [0.5, 0.6) is 0 Å². The molecule has 6 nitrogen and oxygen atoms in total. The Hall–Kier alpha value is -2.54. The van der Waals surface area contributed by atoms with Crippen LogP contribution in [0.1, 0.15) is 21.6 Å². The number of thiazole rings is 1. The van der Waals surface area contributed by atoms with Crippen LogP contribution in [0.3, 0.4) is 0 Å². The van der Waals surface area contributed by atoms with E-state index in [2.05, 4.69) is 40.8 Å². The zero-order valence-corrected chi connectivity index (χ0v) is 15.1. The molecule has 1 aliphatic heterocycles. The van der Waals surface area contributed by atoms with Crippen molar-refractivity contribution in [2.24, 2.45) is 0 Å². The number of rotatable bonds is 2. The minimum atomic E-state index is -0.0523. The van der Waals surface area contributed by atoms with E-state index < -0.39 is 0 Å². The maximum absolute atomic E-state index is 12.5. The van der Waals surface area contributed by atoms with Crippen molar-refractivity contribution in [1.29, 1.82) is 0 Å². The van der Waals surface area contributed by atoms with Gasteiger partial charge in [-0.2, -0.15) is 0 Å². The van der Waals surface area contributed by atoms with E-state index in [0.717, 1.165) is 23.7 Å². The highest BCUT2D eigenvalue weighted by Gasteiger charge is 2.24. The highest BCUT2D eigenvalue weighted by atomic mass is 32.1. The Kier molecular flexibility index (Phi) is 4.09. The smallest absolute Gasteiger partial charge is 0.274 e. The zero-order chi connectivity index (χ0) is 17.4. The summed E-state index contributed by atoms with van der Waals surface area (Å²) in [6.07, 6.45) is 4.65. The minimum Gasteiger partial charge on any atom is -0.345 e. The maximum Gasteiger partial charge on any atom is 0.274 e. The predicted octanol–water partition coefficient (Wildman–Crippen LogP) is 2.67. The van der Waals surface area contributed by atoms with Crippen LogP contribution in [0.25, 0.3) is 10.2 Å². The Morgan fingerprint density at radius 3 is 2.64 bits per heavy atom. The van der Waals surface area contributed by atoms with E-state index >= 15 is 0 Å². The van der Waals surface area contributed by atoms with Gasteiger partial charge in [0.05, 0.1) is 16.4 Å². The van der Waals surface area contributed by atoms with Crippen LogP contribution in [-0.2, 0) is 0 Å². The van der Waals surface area contributed by atoms with Crippen molar-refractivity contribution in [3.8, 4) is 0 Å². The summed E-state index contributed by atoms with van der Waals surface area (Å²) >= 11 is 1.72. The van der Waals surface area contributed by atoms with Gasteiger partial charge in [0.25, 0.3) is 5.91 Å². The van der Waals surface area contributed by atoms with Gasteiger partial charge in [-0.25, -0.2) is 9.97 Å². The largest absolute Gasteiger partial charge is 0.345 e. The Morgan fingerprint density at radius 2 is 1.92 bits per heavy atom. The third kappa shape index (κ3) is 2.95. The first-order valence-electron chi connectivity index (χ1n) is 8.30. The summed E-state index contributed by atoms with van der Waals surface area (Å²) in [6, 6.07) is 4.30. The molecule has 0 atom stereocenters. The summed E-state index contributed by atoms with van der Waals surface area (Å²) in [4.78, 5) is 29.5. The molecule has 4 rings (SSSR count). The summed E-state index contributed by atoms with van der Waals surface area (Å²) in [5.74, 6) is -0.0523. The molecule has 25 heavy (non-hydrogen) atoms. The normalized spacial score (nSPS) is 15.0. The Morgan fingerprint density at radius 1 is 1.12 bits per heavy atom. The van der Waals surface area contributed by atoms with E-state index in [1.807, 2.05) is 4.90 Å². The van der Waals surface area contributed by atoms with Gasteiger partial charge < -0.3 is 9.80 Å². The molecule has 2 aromatic heterocycles. The number of carbonyl (C=O) groups is 1. The molecular weight excluding hydrogens is 334 g/mol. The summed E-state index contributed by atoms with van der Waals surface area (Å²) in [5, 5.41) is 1.04. The third-order valence-electron chi connectivity index (χ3n) is 4.69. The molecule has 128 valence electrons. The molecule has 1 saturated heterocycles. The number of hydrogen-bond acceptors (Lipinski definition) is 6. The molecule has 1 aliphatic rings. The number of amides is 1. The monoisotopic (exact) mass is 353 g/mol. The van der Waals surface area contributed by atoms with Crippen molar-refractivity contribution in [3.05, 3.63) is 47.5 Å². The molecule has 1 aromatic carbocycles. The van der Waals surface area contributed by atoms with E-state index in [1.54, 1.807) is 23.7 Å². The maximum atomic E-state index is 12.5. The number of nitrogens with zero attached hydrogens (tertiary/aromatic N) is 5. The first-order chi connectivity index (χ1) is 12.1. The van der Waals surface area contributed by atoms with E-state index in [0.29, 0.717) is 18.8 Å². The molecule has 0 N–H and O–H groups in total. The van der Waals surface area contributed by atoms with Gasteiger partial charge in [0.1, 0.15) is 5.69 Å². The van der Waals surface area contributed by atoms with Crippen LogP contribution in [0, 0.1) is 13.8 Å². The average Bonchev–Trinajstić information content (AvgIpc) is 3.10. The van der Waals surface area contributed by atoms with Crippen molar-refractivity contribution in [1.82, 2.24) is 19.9 Å². The van der Waals surface area contributed by atoms with Crippen LogP contribution in [0.2, 0.25) is 0 Å². The highest BCUT2D eigenvalue weighted by molar-refractivity contribution is 7.22. The Balaban J connectivity index is 1.49. The number of aromatic nitrogens is 3. The second-order valence-electron chi connectivity index (χ2n) is 6.22. The zero-order valence-electron chi connectivity index (χ0n) is 14.3. The first-order valence-corrected chi connectivity index (χ1v) is 9.12. The molecule has 0 unspecified atom stereocenters. The molecule has 1 fully saturated rings. The average molecular weight is 353 g/mol. The fraction of sp³-hybridized carbons (Fsp3) is 0.333. The lowest BCUT2D eigenvalue weighted by Gasteiger charge is -2.34. The van der Waals surface area contributed by atoms with Crippen LogP contribution in [0.4, 0.5) is 5.13 Å². The number of carbonyl (C=O) groups excluding carboxylic acids is 1. The number of aryl methyl sites for hydroxylation is 2. The van der Waals surface area contributed by atoms with Gasteiger partial charge in [-0.1, -0.05) is 17.4 Å². The molecule has 1 amide bonds. The first kappa shape index (κ1) is 16.0. The Labute approximate surface area is 150 Å². The SMILES string of the molecule is Cc1ccc2sc(N3CCN(C(=O)c4cnccn4)CC3)nc2c1C. The number of piperazine rings is 1. The number of benzene rings is 1. The highest BCUT2D eigenvalue weighted by Crippen LogP contribution is 2.32. The summed E-state index contributed by atoms with van der Waals surface area (Å²) < 4.78 is 1.22. The van der Waals surface area contributed by atoms with Gasteiger partial charge >= 0.3 is 0 Å². The minimum absolute atomic E-state index is 0.0523. The van der Waals surface area contributed by atoms with E-state index in [1.165, 1.54) is 22.0 Å². The second-order valence-corrected chi connectivity index (χ2v) is 7.23. The topological polar surface area (TPSA) is 62.2 Å². The molecule has 3 aromatic rings. The van der Waals surface area contributed by atoms with Crippen molar-refractivity contribution >= 4 is 32.6 Å². The van der Waals surface area contributed by atoms with Crippen LogP contribution in [0.15, 0.2) is 30.7 Å². The van der Waals surface area contributed by atoms with Crippen LogP contribution < -0.4 is 4.90 Å². The lowest BCUT2D eigenvalue weighted by molar-refractivity contribution is 0.0740. The van der Waals surface area contributed by atoms with Crippen molar-refractivity contribution < 1.29 is 4.79 Å². The number of anilines is 1. The molecule has 0 radical (unpaired) electrons. The van der Waals surface area contributed by atoms with Crippen LogP contribution >= 0.6 is 11.3 Å². The fourth-order valence-corrected chi connectivity index (χ4v) is 4.10. The van der Waals surface area contributed by atoms with Gasteiger partial charge in [0.15, 0.2) is 5.13 Å². The molecule has 7 heteroatoms. The van der Waals surface area contributed by atoms with E-state index in [4.69, 9.17) is 4.98 Å². The second kappa shape index (κ2) is 6.40. The molecule has 0 saturated carbocycles. The Bertz CT molecular complexity index is 916. The van der Waals surface area contributed by atoms with Gasteiger partial charge in [0.2, 0.25) is 0 Å². The summed E-state index contributed by atoms with van der Waals surface area (Å²) in [7, 11) is 0. The molecule has 0 aliphatic carbocycles. The quantitative estimate of drug-likeness (QED) is 0.709. The number of hydrogen-bond donors (Lipinski definition) is 0. The summed E-state index contributed by atoms with van der Waals surface area (Å²) in [5.41, 5.74) is 4.01. The van der Waals surface area contributed by atoms with E-state index in [-0.39, 0.29) is 5.91 Å². The molecular formula is C18H19N5OS. The molecule has 0 bridgehead atoms. The van der Waals surface area contributed by atoms with Crippen molar-refractivity contribution in [3.63, 3.8) is 0 Å². The summed E-state index contributed by atoms with van der Waals surface area (Å²) in [6.45, 7) is 7.14. The van der Waals surface area contributed by atoms with Gasteiger partial charge in [0, 0.05) is 38.6 Å². The number of fused-ring (bicyclic) bond motifs is 1. The fourth-order valence-electron chi connectivity index (χ4n) is 3.02. The van der Waals surface area contributed by atoms with Crippen molar-refractivity contribution in [2.45, 2.75) is 13.8 Å². The lowest BCUT2D eigenvalue weighted by atomic mass is 10.1. The molecule has 3 heterocycles. The van der Waals surface area contributed by atoms with Gasteiger partial charge in [-0.3, -0.25) is 9.78 Å². The van der Waals surface area contributed by atoms with Gasteiger partial charge in [-0.05, 0) is 31.0 Å². The lowest BCUT2D eigenvalue weighted by Crippen LogP contribution is -2.49. The van der Waals surface area contributed by atoms with Gasteiger partial charge in [-0.15, -0.1) is 0 Å². The predicted molar refractivity (Wildman–Crippen MR) is 99.2 cm³/mol. The van der Waals surface area contributed by atoms with Crippen LogP contribution in [-0.4, -0.2) is 51.9 Å². The molecule has 0 spiro atoms. The van der Waals surface area contributed by atoms with E-state index in [9.17, 15) is 4.79 Å². The third-order valence-corrected chi connectivity index (χ3v) is 5.77. The standard InChI is InChI=1S/C18H19N5OS/c1-12-3-4-15-16(13(12)2)21-18(25-15)23-9-7-22(8-10-23)17(24)14-11-19-5-6-20-14/h3-6,11H,7-10H2,1-2H3.